The maximum atomic E-state index is 12.8. The lowest BCUT2D eigenvalue weighted by Gasteiger charge is -2.19. The Bertz CT molecular complexity index is 756. The number of para-hydroxylation sites is 1. The van der Waals surface area contributed by atoms with Crippen molar-refractivity contribution >= 4 is 52.5 Å². The lowest BCUT2D eigenvalue weighted by Crippen LogP contribution is -2.26. The number of carbonyl (C=O) groups is 2. The van der Waals surface area contributed by atoms with Gasteiger partial charge >= 0.3 is 0 Å². The van der Waals surface area contributed by atoms with Gasteiger partial charge in [-0.05, 0) is 38.3 Å². The third kappa shape index (κ3) is 7.99. The largest absolute Gasteiger partial charge is 0.321 e. The summed E-state index contributed by atoms with van der Waals surface area (Å²) in [5.41, 5.74) is 1.06. The highest BCUT2D eigenvalue weighted by Crippen LogP contribution is 2.33. The van der Waals surface area contributed by atoms with E-state index in [1.807, 2.05) is 41.5 Å². The van der Waals surface area contributed by atoms with Gasteiger partial charge in [-0.2, -0.15) is 0 Å². The molecule has 4 nitrogen and oxygen atoms in total. The second-order valence-electron chi connectivity index (χ2n) is 7.42. The molecule has 0 spiro atoms. The molecule has 0 fully saturated rings. The predicted octanol–water partition coefficient (Wildman–Crippen LogP) is 6.37. The minimum Gasteiger partial charge on any atom is -0.321 e. The Hall–Kier alpha value is -1.43. The average Bonchev–Trinajstić information content (AvgIpc) is 2.52. The fourth-order valence-corrected chi connectivity index (χ4v) is 3.44. The van der Waals surface area contributed by atoms with Crippen molar-refractivity contribution in [1.82, 2.24) is 5.32 Å². The van der Waals surface area contributed by atoms with E-state index < -0.39 is 0 Å². The van der Waals surface area contributed by atoms with Crippen LogP contribution >= 0.6 is 35.0 Å². The molecule has 0 saturated heterocycles. The van der Waals surface area contributed by atoms with Crippen LogP contribution in [0.3, 0.4) is 0 Å². The molecule has 1 aromatic rings. The van der Waals surface area contributed by atoms with E-state index in [0.29, 0.717) is 32.1 Å². The van der Waals surface area contributed by atoms with E-state index in [4.69, 9.17) is 23.2 Å². The van der Waals surface area contributed by atoms with E-state index in [1.165, 1.54) is 11.8 Å². The highest BCUT2D eigenvalue weighted by Gasteiger charge is 2.20. The van der Waals surface area contributed by atoms with Crippen LogP contribution in [0, 0.1) is 5.41 Å². The molecule has 0 saturated carbocycles. The first kappa shape index (κ1) is 23.6. The molecule has 27 heavy (non-hydrogen) atoms. The fourth-order valence-electron chi connectivity index (χ4n) is 2.09. The molecular weight excluding hydrogens is 403 g/mol. The number of allylic oxidation sites excluding steroid dienone is 2. The number of benzene rings is 1. The van der Waals surface area contributed by atoms with E-state index >= 15 is 0 Å². The molecule has 0 unspecified atom stereocenters. The van der Waals surface area contributed by atoms with Crippen molar-refractivity contribution in [2.75, 3.05) is 5.32 Å². The molecule has 1 aromatic carbocycles. The van der Waals surface area contributed by atoms with Crippen LogP contribution in [0.2, 0.25) is 10.0 Å². The molecule has 0 aliphatic heterocycles. The maximum absolute atomic E-state index is 12.8. The number of halogens is 2. The molecule has 0 aromatic heterocycles. The third-order valence-corrected chi connectivity index (χ3v) is 5.27. The van der Waals surface area contributed by atoms with Gasteiger partial charge in [0.1, 0.15) is 0 Å². The van der Waals surface area contributed by atoms with Gasteiger partial charge in [0.25, 0.3) is 5.91 Å². The summed E-state index contributed by atoms with van der Waals surface area (Å²) < 4.78 is 0. The Morgan fingerprint density at radius 1 is 1.15 bits per heavy atom. The first-order chi connectivity index (χ1) is 12.4. The first-order valence-electron chi connectivity index (χ1n) is 8.51. The zero-order valence-electron chi connectivity index (χ0n) is 16.5. The second-order valence-corrected chi connectivity index (χ2v) is 9.29. The SMILES string of the molecule is C/C=C(/NC(=O)CC(C)(C)C)SC(C(=O)Nc1c(Cl)cccc1Cl)=C(C)C. The Balaban J connectivity index is 2.94. The lowest BCUT2D eigenvalue weighted by atomic mass is 9.92. The van der Waals surface area contributed by atoms with Gasteiger partial charge in [-0.25, -0.2) is 0 Å². The van der Waals surface area contributed by atoms with Crippen LogP contribution in [0.15, 0.2) is 39.8 Å². The van der Waals surface area contributed by atoms with E-state index in [0.717, 1.165) is 5.57 Å². The summed E-state index contributed by atoms with van der Waals surface area (Å²) >= 11 is 13.5. The summed E-state index contributed by atoms with van der Waals surface area (Å²) in [6.07, 6.45) is 2.15. The number of nitrogens with one attached hydrogen (secondary N) is 2. The van der Waals surface area contributed by atoms with Crippen LogP contribution in [0.25, 0.3) is 0 Å². The Morgan fingerprint density at radius 3 is 2.15 bits per heavy atom. The van der Waals surface area contributed by atoms with E-state index in [2.05, 4.69) is 10.6 Å². The van der Waals surface area contributed by atoms with Crippen molar-refractivity contribution in [3.63, 3.8) is 0 Å². The molecule has 2 amide bonds. The zero-order chi connectivity index (χ0) is 20.8. The summed E-state index contributed by atoms with van der Waals surface area (Å²) in [4.78, 5) is 25.5. The topological polar surface area (TPSA) is 58.2 Å². The van der Waals surface area contributed by atoms with Crippen LogP contribution in [-0.4, -0.2) is 11.8 Å². The van der Waals surface area contributed by atoms with Gasteiger partial charge in [-0.15, -0.1) is 0 Å². The zero-order valence-corrected chi connectivity index (χ0v) is 18.8. The smallest absolute Gasteiger partial charge is 0.262 e. The van der Waals surface area contributed by atoms with E-state index in [-0.39, 0.29) is 17.2 Å². The number of hydrogen-bond donors (Lipinski definition) is 2. The molecule has 0 radical (unpaired) electrons. The monoisotopic (exact) mass is 428 g/mol. The maximum Gasteiger partial charge on any atom is 0.262 e. The summed E-state index contributed by atoms with van der Waals surface area (Å²) in [6, 6.07) is 5.02. The Labute approximate surface area is 175 Å². The molecule has 0 atom stereocenters. The molecule has 7 heteroatoms. The molecule has 1 rings (SSSR count). The first-order valence-corrected chi connectivity index (χ1v) is 10.1. The Kier molecular flexibility index (Phi) is 8.92. The highest BCUT2D eigenvalue weighted by atomic mass is 35.5. The summed E-state index contributed by atoms with van der Waals surface area (Å²) in [6.45, 7) is 11.5. The van der Waals surface area contributed by atoms with Gasteiger partial charge in [0.05, 0.1) is 25.7 Å². The average molecular weight is 429 g/mol. The van der Waals surface area contributed by atoms with Gasteiger partial charge in [-0.3, -0.25) is 9.59 Å². The predicted molar refractivity (Wildman–Crippen MR) is 117 cm³/mol. The minimum atomic E-state index is -0.334. The minimum absolute atomic E-state index is 0.0919. The lowest BCUT2D eigenvalue weighted by molar-refractivity contribution is -0.122. The van der Waals surface area contributed by atoms with Crippen LogP contribution in [-0.2, 0) is 9.59 Å². The fraction of sp³-hybridized carbons (Fsp3) is 0.400. The van der Waals surface area contributed by atoms with Gasteiger partial charge in [0.15, 0.2) is 0 Å². The van der Waals surface area contributed by atoms with Crippen molar-refractivity contribution in [3.8, 4) is 0 Å². The van der Waals surface area contributed by atoms with Gasteiger partial charge < -0.3 is 10.6 Å². The van der Waals surface area contributed by atoms with Crippen LogP contribution in [0.4, 0.5) is 5.69 Å². The number of anilines is 1. The van der Waals surface area contributed by atoms with Crippen molar-refractivity contribution in [3.05, 3.63) is 49.8 Å². The van der Waals surface area contributed by atoms with E-state index in [9.17, 15) is 9.59 Å². The second kappa shape index (κ2) is 10.2. The van der Waals surface area contributed by atoms with Crippen molar-refractivity contribution in [2.24, 2.45) is 5.41 Å². The van der Waals surface area contributed by atoms with Crippen LogP contribution < -0.4 is 10.6 Å². The van der Waals surface area contributed by atoms with Crippen LogP contribution in [0.5, 0.6) is 0 Å². The standard InChI is InChI=1S/C20H26Cl2N2O2S/c1-7-16(23-15(25)11-20(4,5)6)27-18(12(2)3)19(26)24-17-13(21)9-8-10-14(17)22/h7-10H,11H2,1-6H3,(H,23,25)(H,24,26)/b16-7-. The van der Waals surface area contributed by atoms with Crippen LogP contribution in [0.1, 0.15) is 48.0 Å². The molecule has 0 heterocycles. The number of hydrogen-bond acceptors (Lipinski definition) is 3. The molecule has 0 aliphatic rings. The van der Waals surface area contributed by atoms with Crippen molar-refractivity contribution in [1.29, 1.82) is 0 Å². The Morgan fingerprint density at radius 2 is 1.70 bits per heavy atom. The third-order valence-electron chi connectivity index (χ3n) is 3.29. The van der Waals surface area contributed by atoms with Gasteiger partial charge in [-0.1, -0.05) is 73.5 Å². The molecule has 2 N–H and O–H groups in total. The van der Waals surface area contributed by atoms with E-state index in [1.54, 1.807) is 24.3 Å². The summed E-state index contributed by atoms with van der Waals surface area (Å²) in [7, 11) is 0. The molecular formula is C20H26Cl2N2O2S. The molecule has 0 bridgehead atoms. The number of amides is 2. The highest BCUT2D eigenvalue weighted by molar-refractivity contribution is 8.07. The number of carbonyl (C=O) groups excluding carboxylic acids is 2. The van der Waals surface area contributed by atoms with Gasteiger partial charge in [0.2, 0.25) is 5.91 Å². The number of thioether (sulfide) groups is 1. The summed E-state index contributed by atoms with van der Waals surface area (Å²) in [5.74, 6) is -0.426. The normalized spacial score (nSPS) is 11.8. The molecule has 0 aliphatic carbocycles. The van der Waals surface area contributed by atoms with Gasteiger partial charge in [0, 0.05) is 6.42 Å². The molecule has 148 valence electrons. The number of rotatable bonds is 6. The van der Waals surface area contributed by atoms with Crippen molar-refractivity contribution < 1.29 is 9.59 Å². The quantitative estimate of drug-likeness (QED) is 0.517. The van der Waals surface area contributed by atoms with Crippen molar-refractivity contribution in [2.45, 2.75) is 48.0 Å². The summed E-state index contributed by atoms with van der Waals surface area (Å²) in [5, 5.41) is 6.95.